The molecule has 0 aliphatic rings. The molecule has 1 aromatic carbocycles. The molecule has 0 atom stereocenters. The number of hydrogen-bond acceptors (Lipinski definition) is 5. The molecule has 0 bridgehead atoms. The third kappa shape index (κ3) is 3.50. The number of thiocarbonyl (C=S) groups is 1. The zero-order valence-corrected chi connectivity index (χ0v) is 13.2. The molecule has 0 saturated carbocycles. The van der Waals surface area contributed by atoms with Crippen molar-refractivity contribution >= 4 is 49.0 Å². The summed E-state index contributed by atoms with van der Waals surface area (Å²) in [5.41, 5.74) is 5.96. The summed E-state index contributed by atoms with van der Waals surface area (Å²) >= 11 is 7.94. The van der Waals surface area contributed by atoms with Gasteiger partial charge in [0.05, 0.1) is 17.3 Å². The average molecular weight is 373 g/mol. The summed E-state index contributed by atoms with van der Waals surface area (Å²) in [5, 5.41) is 0. The van der Waals surface area contributed by atoms with Gasteiger partial charge in [-0.05, 0) is 28.1 Å². The normalized spacial score (nSPS) is 11.1. The van der Waals surface area contributed by atoms with Crippen molar-refractivity contribution < 1.29 is 8.42 Å². The minimum Gasteiger partial charge on any atom is -0.389 e. The molecular formula is C11H9BrN4O2S2. The van der Waals surface area contributed by atoms with Crippen molar-refractivity contribution in [2.24, 2.45) is 5.73 Å². The third-order valence-electron chi connectivity index (χ3n) is 2.29. The van der Waals surface area contributed by atoms with Crippen molar-refractivity contribution in [1.82, 2.24) is 9.97 Å². The van der Waals surface area contributed by atoms with Crippen LogP contribution in [0.4, 0.5) is 5.82 Å². The van der Waals surface area contributed by atoms with Crippen LogP contribution in [0.3, 0.4) is 0 Å². The molecule has 0 radical (unpaired) electrons. The van der Waals surface area contributed by atoms with Gasteiger partial charge in [-0.25, -0.2) is 18.4 Å². The van der Waals surface area contributed by atoms with Crippen molar-refractivity contribution in [3.63, 3.8) is 0 Å². The van der Waals surface area contributed by atoms with Crippen LogP contribution in [-0.4, -0.2) is 23.4 Å². The van der Waals surface area contributed by atoms with Crippen LogP contribution < -0.4 is 10.5 Å². The van der Waals surface area contributed by atoms with Crippen LogP contribution in [0.5, 0.6) is 0 Å². The lowest BCUT2D eigenvalue weighted by atomic mass is 10.2. The average Bonchev–Trinajstić information content (AvgIpc) is 2.41. The SMILES string of the molecule is NC(=S)c1cccc(S(=O)(=O)Nc2cnc(Br)cn2)c1. The topological polar surface area (TPSA) is 98.0 Å². The summed E-state index contributed by atoms with van der Waals surface area (Å²) in [6.07, 6.45) is 2.70. The second kappa shape index (κ2) is 5.81. The first-order valence-corrected chi connectivity index (χ1v) is 7.97. The zero-order chi connectivity index (χ0) is 14.8. The largest absolute Gasteiger partial charge is 0.389 e. The summed E-state index contributed by atoms with van der Waals surface area (Å²) in [7, 11) is -3.77. The van der Waals surface area contributed by atoms with E-state index in [1.807, 2.05) is 0 Å². The highest BCUT2D eigenvalue weighted by Crippen LogP contribution is 2.16. The maximum Gasteiger partial charge on any atom is 0.263 e. The molecule has 104 valence electrons. The number of benzene rings is 1. The van der Waals surface area contributed by atoms with E-state index in [9.17, 15) is 8.42 Å². The maximum atomic E-state index is 12.2. The third-order valence-corrected chi connectivity index (χ3v) is 4.29. The molecule has 0 amide bonds. The fourth-order valence-corrected chi connectivity index (χ4v) is 2.75. The van der Waals surface area contributed by atoms with E-state index in [2.05, 4.69) is 30.6 Å². The van der Waals surface area contributed by atoms with E-state index in [0.29, 0.717) is 10.2 Å². The second-order valence-electron chi connectivity index (χ2n) is 3.72. The van der Waals surface area contributed by atoms with Crippen LogP contribution >= 0.6 is 28.1 Å². The molecule has 6 nitrogen and oxygen atoms in total. The molecule has 0 spiro atoms. The molecule has 3 N–H and O–H groups in total. The van der Waals surface area contributed by atoms with Crippen molar-refractivity contribution in [3.8, 4) is 0 Å². The Kier molecular flexibility index (Phi) is 4.31. The summed E-state index contributed by atoms with van der Waals surface area (Å²) in [5.74, 6) is 0.119. The number of hydrogen-bond donors (Lipinski definition) is 2. The Balaban J connectivity index is 2.33. The summed E-state index contributed by atoms with van der Waals surface area (Å²) < 4.78 is 27.2. The molecule has 0 fully saturated rings. The van der Waals surface area contributed by atoms with Crippen LogP contribution in [0.2, 0.25) is 0 Å². The first-order chi connectivity index (χ1) is 9.38. The molecule has 1 aromatic heterocycles. The lowest BCUT2D eigenvalue weighted by Gasteiger charge is -2.08. The number of rotatable bonds is 4. The van der Waals surface area contributed by atoms with Crippen molar-refractivity contribution in [2.75, 3.05) is 4.72 Å². The lowest BCUT2D eigenvalue weighted by Crippen LogP contribution is -2.16. The molecule has 2 rings (SSSR count). The molecule has 0 unspecified atom stereocenters. The first-order valence-electron chi connectivity index (χ1n) is 5.29. The van der Waals surface area contributed by atoms with Crippen molar-refractivity contribution in [1.29, 1.82) is 0 Å². The van der Waals surface area contributed by atoms with Crippen LogP contribution in [0.15, 0.2) is 46.2 Å². The Morgan fingerprint density at radius 2 is 2.05 bits per heavy atom. The highest BCUT2D eigenvalue weighted by atomic mass is 79.9. The quantitative estimate of drug-likeness (QED) is 0.792. The highest BCUT2D eigenvalue weighted by Gasteiger charge is 2.15. The minimum absolute atomic E-state index is 0.0486. The molecule has 2 aromatic rings. The summed E-state index contributed by atoms with van der Waals surface area (Å²) in [6.45, 7) is 0. The maximum absolute atomic E-state index is 12.2. The Bertz CT molecular complexity index is 747. The van der Waals surface area contributed by atoms with E-state index in [1.54, 1.807) is 12.1 Å². The van der Waals surface area contributed by atoms with E-state index < -0.39 is 10.0 Å². The number of aromatic nitrogens is 2. The van der Waals surface area contributed by atoms with E-state index in [0.717, 1.165) is 0 Å². The minimum atomic E-state index is -3.77. The van der Waals surface area contributed by atoms with Crippen molar-refractivity contribution in [3.05, 3.63) is 46.8 Å². The van der Waals surface area contributed by atoms with Gasteiger partial charge >= 0.3 is 0 Å². The van der Waals surface area contributed by atoms with Crippen molar-refractivity contribution in [2.45, 2.75) is 4.90 Å². The lowest BCUT2D eigenvalue weighted by molar-refractivity contribution is 0.601. The van der Waals surface area contributed by atoms with Gasteiger partial charge in [-0.3, -0.25) is 4.72 Å². The number of nitrogens with two attached hydrogens (primary N) is 1. The molecular weight excluding hydrogens is 364 g/mol. The molecule has 0 aliphatic heterocycles. The standard InChI is InChI=1S/C11H9BrN4O2S2/c12-9-5-15-10(6-14-9)16-20(17,18)8-3-1-2-7(4-8)11(13)19/h1-6H,(H2,13,19)(H,15,16). The Labute approximate surface area is 129 Å². The van der Waals surface area contributed by atoms with E-state index >= 15 is 0 Å². The summed E-state index contributed by atoms with van der Waals surface area (Å²) in [4.78, 5) is 7.96. The smallest absolute Gasteiger partial charge is 0.263 e. The number of nitrogens with zero attached hydrogens (tertiary/aromatic N) is 2. The number of nitrogens with one attached hydrogen (secondary N) is 1. The molecule has 20 heavy (non-hydrogen) atoms. The van der Waals surface area contributed by atoms with Crippen LogP contribution in [0, 0.1) is 0 Å². The number of halogens is 1. The Morgan fingerprint density at radius 1 is 1.30 bits per heavy atom. The van der Waals surface area contributed by atoms with E-state index in [-0.39, 0.29) is 15.7 Å². The van der Waals surface area contributed by atoms with Crippen LogP contribution in [0.1, 0.15) is 5.56 Å². The fraction of sp³-hybridized carbons (Fsp3) is 0. The zero-order valence-electron chi connectivity index (χ0n) is 9.95. The predicted octanol–water partition coefficient (Wildman–Crippen LogP) is 1.67. The van der Waals surface area contributed by atoms with Gasteiger partial charge in [-0.1, -0.05) is 24.4 Å². The van der Waals surface area contributed by atoms with Gasteiger partial charge in [0, 0.05) is 5.56 Å². The van der Waals surface area contributed by atoms with E-state index in [1.165, 1.54) is 24.5 Å². The van der Waals surface area contributed by atoms with Gasteiger partial charge in [0.25, 0.3) is 10.0 Å². The monoisotopic (exact) mass is 372 g/mol. The Hall–Kier alpha value is -1.58. The fourth-order valence-electron chi connectivity index (χ4n) is 1.38. The van der Waals surface area contributed by atoms with Gasteiger partial charge in [-0.2, -0.15) is 0 Å². The first kappa shape index (κ1) is 14.8. The molecule has 9 heteroatoms. The number of sulfonamides is 1. The van der Waals surface area contributed by atoms with Gasteiger partial charge in [0.15, 0.2) is 5.82 Å². The van der Waals surface area contributed by atoms with Gasteiger partial charge < -0.3 is 5.73 Å². The van der Waals surface area contributed by atoms with Gasteiger partial charge in [0.1, 0.15) is 9.59 Å². The Morgan fingerprint density at radius 3 is 2.65 bits per heavy atom. The van der Waals surface area contributed by atoms with Gasteiger partial charge in [-0.15, -0.1) is 0 Å². The second-order valence-corrected chi connectivity index (χ2v) is 6.66. The summed E-state index contributed by atoms with van der Waals surface area (Å²) in [6, 6.07) is 6.05. The van der Waals surface area contributed by atoms with Crippen LogP contribution in [0.25, 0.3) is 0 Å². The molecule has 1 heterocycles. The van der Waals surface area contributed by atoms with Gasteiger partial charge in [0.2, 0.25) is 0 Å². The van der Waals surface area contributed by atoms with Crippen LogP contribution in [-0.2, 0) is 10.0 Å². The highest BCUT2D eigenvalue weighted by molar-refractivity contribution is 9.10. The number of anilines is 1. The molecule has 0 saturated heterocycles. The predicted molar refractivity (Wildman–Crippen MR) is 82.9 cm³/mol. The molecule has 0 aliphatic carbocycles. The van der Waals surface area contributed by atoms with E-state index in [4.69, 9.17) is 18.0 Å².